The van der Waals surface area contributed by atoms with Crippen LogP contribution in [-0.4, -0.2) is 25.7 Å². The molecule has 30 heavy (non-hydrogen) atoms. The van der Waals surface area contributed by atoms with Gasteiger partial charge in [-0.15, -0.1) is 5.10 Å². The van der Waals surface area contributed by atoms with Crippen LogP contribution in [0.2, 0.25) is 5.02 Å². The van der Waals surface area contributed by atoms with Gasteiger partial charge in [0.05, 0.1) is 16.4 Å². The van der Waals surface area contributed by atoms with Crippen LogP contribution < -0.4 is 0 Å². The quantitative estimate of drug-likeness (QED) is 0.436. The minimum Gasteiger partial charge on any atom is -0.445 e. The minimum absolute atomic E-state index is 0.134. The summed E-state index contributed by atoms with van der Waals surface area (Å²) in [7, 11) is 0. The summed E-state index contributed by atoms with van der Waals surface area (Å²) < 4.78 is 20.9. The van der Waals surface area contributed by atoms with Gasteiger partial charge in [-0.25, -0.2) is 18.9 Å². The fraction of sp³-hybridized carbons (Fsp3) is 0.0909. The van der Waals surface area contributed by atoms with Gasteiger partial charge in [-0.1, -0.05) is 41.9 Å². The Morgan fingerprint density at radius 2 is 1.90 bits per heavy atom. The van der Waals surface area contributed by atoms with Crippen molar-refractivity contribution in [1.82, 2.24) is 19.7 Å². The van der Waals surface area contributed by atoms with E-state index in [1.807, 2.05) is 0 Å². The van der Waals surface area contributed by atoms with Gasteiger partial charge in [0.25, 0.3) is 5.82 Å². The highest BCUT2D eigenvalue weighted by atomic mass is 35.5. The van der Waals surface area contributed by atoms with E-state index in [0.29, 0.717) is 27.8 Å². The summed E-state index contributed by atoms with van der Waals surface area (Å²) in [5.74, 6) is -0.870. The molecule has 0 N–H and O–H groups in total. The maximum absolute atomic E-state index is 13.8. The van der Waals surface area contributed by atoms with E-state index in [1.165, 1.54) is 16.8 Å². The van der Waals surface area contributed by atoms with Crippen LogP contribution in [0.1, 0.15) is 33.8 Å². The van der Waals surface area contributed by atoms with Gasteiger partial charge in [-0.2, -0.15) is 0 Å². The number of nitrogens with zero attached hydrogens (tertiary/aromatic N) is 4. The summed E-state index contributed by atoms with van der Waals surface area (Å²) in [6.07, 6.45) is 0.659. The number of carbonyl (C=O) groups is 1. The van der Waals surface area contributed by atoms with Crippen LogP contribution in [0.3, 0.4) is 0 Å². The predicted octanol–water partition coefficient (Wildman–Crippen LogP) is 4.71. The molecule has 0 bridgehead atoms. The lowest BCUT2D eigenvalue weighted by Gasteiger charge is -2.17. The number of para-hydroxylation sites is 1. The minimum atomic E-state index is -0.915. The van der Waals surface area contributed by atoms with Gasteiger partial charge < -0.3 is 4.74 Å². The maximum Gasteiger partial charge on any atom is 0.379 e. The topological polar surface area (TPSA) is 69.9 Å². The van der Waals surface area contributed by atoms with Crippen molar-refractivity contribution in [2.24, 2.45) is 0 Å². The lowest BCUT2D eigenvalue weighted by Crippen LogP contribution is -2.15. The molecule has 6 nitrogen and oxygen atoms in total. The molecule has 0 radical (unpaired) electrons. The van der Waals surface area contributed by atoms with Crippen LogP contribution in [0.5, 0.6) is 0 Å². The lowest BCUT2D eigenvalue weighted by molar-refractivity contribution is 0.0355. The lowest BCUT2D eigenvalue weighted by atomic mass is 10.1. The molecule has 4 rings (SSSR count). The molecule has 0 saturated carbocycles. The van der Waals surface area contributed by atoms with Gasteiger partial charge in [-0.3, -0.25) is 4.98 Å². The molecule has 2 aromatic carbocycles. The molecule has 0 amide bonds. The van der Waals surface area contributed by atoms with Crippen molar-refractivity contribution in [3.05, 3.63) is 107 Å². The number of pyridine rings is 1. The highest BCUT2D eigenvalue weighted by Crippen LogP contribution is 2.26. The highest BCUT2D eigenvalue weighted by molar-refractivity contribution is 6.32. The number of aryl methyl sites for hydroxylation is 1. The summed E-state index contributed by atoms with van der Waals surface area (Å²) >= 11 is 6.23. The fourth-order valence-corrected chi connectivity index (χ4v) is 3.20. The number of aromatic nitrogens is 4. The third-order valence-corrected chi connectivity index (χ3v) is 4.68. The predicted molar refractivity (Wildman–Crippen MR) is 109 cm³/mol. The first kappa shape index (κ1) is 19.7. The first-order chi connectivity index (χ1) is 14.5. The highest BCUT2D eigenvalue weighted by Gasteiger charge is 2.25. The fourth-order valence-electron chi connectivity index (χ4n) is 2.99. The van der Waals surface area contributed by atoms with Gasteiger partial charge >= 0.3 is 5.97 Å². The van der Waals surface area contributed by atoms with E-state index in [0.717, 1.165) is 0 Å². The van der Waals surface area contributed by atoms with Crippen LogP contribution >= 0.6 is 11.6 Å². The van der Waals surface area contributed by atoms with Crippen molar-refractivity contribution < 1.29 is 13.9 Å². The molecular weight excluding hydrogens is 407 g/mol. The van der Waals surface area contributed by atoms with Crippen molar-refractivity contribution in [1.29, 1.82) is 0 Å². The number of halogens is 2. The largest absolute Gasteiger partial charge is 0.445 e. The summed E-state index contributed by atoms with van der Waals surface area (Å²) in [6.45, 7) is 1.70. The van der Waals surface area contributed by atoms with Crippen molar-refractivity contribution in [2.75, 3.05) is 0 Å². The van der Waals surface area contributed by atoms with Crippen molar-refractivity contribution in [2.45, 2.75) is 13.0 Å². The zero-order chi connectivity index (χ0) is 21.1. The normalized spacial score (nSPS) is 11.8. The molecule has 0 aliphatic heterocycles. The molecule has 1 unspecified atom stereocenters. The molecule has 0 aliphatic rings. The Hall–Kier alpha value is -3.58. The average Bonchev–Trinajstić information content (AvgIpc) is 3.14. The van der Waals surface area contributed by atoms with Crippen molar-refractivity contribution in [3.63, 3.8) is 0 Å². The first-order valence-electron chi connectivity index (χ1n) is 9.09. The zero-order valence-corrected chi connectivity index (χ0v) is 16.6. The van der Waals surface area contributed by atoms with E-state index in [2.05, 4.69) is 15.1 Å². The Kier molecular flexibility index (Phi) is 5.54. The standard InChI is InChI=1S/C22H16ClFN4O2/c1-14-26-21(27-28(14)19-11-3-2-9-17(19)23)22(29)30-20(18-10-4-5-12-25-18)15-7-6-8-16(24)13-15/h2-13,20H,1H3. The molecule has 1 atom stereocenters. The molecule has 2 heterocycles. The zero-order valence-electron chi connectivity index (χ0n) is 15.9. The summed E-state index contributed by atoms with van der Waals surface area (Å²) in [4.78, 5) is 21.3. The Bertz CT molecular complexity index is 1200. The number of rotatable bonds is 5. The van der Waals surface area contributed by atoms with E-state index in [-0.39, 0.29) is 5.82 Å². The number of hydrogen-bond acceptors (Lipinski definition) is 5. The van der Waals surface area contributed by atoms with Crippen LogP contribution in [-0.2, 0) is 4.74 Å². The van der Waals surface area contributed by atoms with Gasteiger partial charge in [0.1, 0.15) is 11.6 Å². The smallest absolute Gasteiger partial charge is 0.379 e. The van der Waals surface area contributed by atoms with Crippen LogP contribution in [0.15, 0.2) is 72.9 Å². The monoisotopic (exact) mass is 422 g/mol. The molecule has 2 aromatic heterocycles. The van der Waals surface area contributed by atoms with Crippen molar-refractivity contribution >= 4 is 17.6 Å². The van der Waals surface area contributed by atoms with E-state index < -0.39 is 17.9 Å². The van der Waals surface area contributed by atoms with Gasteiger partial charge in [0.2, 0.25) is 0 Å². The third-order valence-electron chi connectivity index (χ3n) is 4.36. The van der Waals surface area contributed by atoms with Gasteiger partial charge in [-0.05, 0) is 43.3 Å². The average molecular weight is 423 g/mol. The van der Waals surface area contributed by atoms with Gasteiger partial charge in [0, 0.05) is 11.8 Å². The molecule has 0 aliphatic carbocycles. The SMILES string of the molecule is Cc1nc(C(=O)OC(c2cccc(F)c2)c2ccccn2)nn1-c1ccccc1Cl. The maximum atomic E-state index is 13.8. The van der Waals surface area contributed by atoms with E-state index in [9.17, 15) is 9.18 Å². The third kappa shape index (κ3) is 4.06. The summed E-state index contributed by atoms with van der Waals surface area (Å²) in [5, 5.41) is 4.72. The number of ether oxygens (including phenoxy) is 1. The van der Waals surface area contributed by atoms with E-state index in [4.69, 9.17) is 16.3 Å². The number of carbonyl (C=O) groups excluding carboxylic acids is 1. The number of esters is 1. The first-order valence-corrected chi connectivity index (χ1v) is 9.46. The van der Waals surface area contributed by atoms with Crippen LogP contribution in [0.4, 0.5) is 4.39 Å². The molecule has 150 valence electrons. The molecule has 8 heteroatoms. The molecule has 0 fully saturated rings. The Labute approximate surface area is 176 Å². The second kappa shape index (κ2) is 8.42. The Balaban J connectivity index is 1.67. The molecule has 4 aromatic rings. The summed E-state index contributed by atoms with van der Waals surface area (Å²) in [5.41, 5.74) is 1.50. The van der Waals surface area contributed by atoms with Gasteiger partial charge in [0.15, 0.2) is 6.10 Å². The van der Waals surface area contributed by atoms with Crippen LogP contribution in [0, 0.1) is 12.7 Å². The Morgan fingerprint density at radius 3 is 2.63 bits per heavy atom. The van der Waals surface area contributed by atoms with E-state index in [1.54, 1.807) is 67.7 Å². The molecule has 0 saturated heterocycles. The molecule has 0 spiro atoms. The van der Waals surface area contributed by atoms with Crippen molar-refractivity contribution in [3.8, 4) is 5.69 Å². The summed E-state index contributed by atoms with van der Waals surface area (Å²) in [6, 6.07) is 18.1. The number of benzene rings is 2. The van der Waals surface area contributed by atoms with Crippen LogP contribution in [0.25, 0.3) is 5.69 Å². The Morgan fingerprint density at radius 1 is 1.10 bits per heavy atom. The van der Waals surface area contributed by atoms with E-state index >= 15 is 0 Å². The second-order valence-electron chi connectivity index (χ2n) is 6.44. The second-order valence-corrected chi connectivity index (χ2v) is 6.85. The number of hydrogen-bond donors (Lipinski definition) is 0. The molecular formula is C22H16ClFN4O2.